The van der Waals surface area contributed by atoms with E-state index < -0.39 is 5.41 Å². The molecule has 0 amide bonds. The van der Waals surface area contributed by atoms with Crippen molar-refractivity contribution in [2.24, 2.45) is 11.5 Å². The highest BCUT2D eigenvalue weighted by atomic mass is 15.2. The van der Waals surface area contributed by atoms with Gasteiger partial charge in [-0.05, 0) is 87.3 Å². The number of nitrogens with zero attached hydrogens (tertiary/aromatic N) is 1. The van der Waals surface area contributed by atoms with Crippen molar-refractivity contribution in [2.75, 3.05) is 4.90 Å². The molecule has 56 heavy (non-hydrogen) atoms. The predicted octanol–water partition coefficient (Wildman–Crippen LogP) is 11.9. The van der Waals surface area contributed by atoms with E-state index in [-0.39, 0.29) is 5.84 Å². The first-order valence-corrected chi connectivity index (χ1v) is 19.0. The van der Waals surface area contributed by atoms with Crippen LogP contribution in [0.4, 0.5) is 17.1 Å². The van der Waals surface area contributed by atoms with E-state index in [0.29, 0.717) is 6.54 Å². The Balaban J connectivity index is 0.000000229. The lowest BCUT2D eigenvalue weighted by Gasteiger charge is -2.45. The fourth-order valence-electron chi connectivity index (χ4n) is 8.28. The van der Waals surface area contributed by atoms with Crippen molar-refractivity contribution < 1.29 is 0 Å². The normalized spacial score (nSPS) is 12.4. The highest BCUT2D eigenvalue weighted by Crippen LogP contribution is 2.64. The van der Waals surface area contributed by atoms with E-state index in [4.69, 9.17) is 16.9 Å². The number of nitrogens with two attached hydrogens (primary N) is 2. The molecule has 0 radical (unpaired) electrons. The van der Waals surface area contributed by atoms with Crippen molar-refractivity contribution >= 4 is 22.9 Å². The van der Waals surface area contributed by atoms with Crippen LogP contribution < -0.4 is 16.4 Å². The molecule has 1 spiro atoms. The van der Waals surface area contributed by atoms with Crippen LogP contribution in [0, 0.1) is 12.3 Å². The third kappa shape index (κ3) is 6.46. The van der Waals surface area contributed by atoms with Crippen LogP contribution >= 0.6 is 0 Å². The lowest BCUT2D eigenvalue weighted by Crippen LogP contribution is -2.36. The van der Waals surface area contributed by atoms with Gasteiger partial charge in [-0.1, -0.05) is 181 Å². The molecule has 1 heterocycles. The quantitative estimate of drug-likeness (QED) is 0.125. The lowest BCUT2D eigenvalue weighted by atomic mass is 9.63. The second-order valence-corrected chi connectivity index (χ2v) is 14.1. The Hall–Kier alpha value is -7.01. The largest absolute Gasteiger partial charge is 0.384 e. The fraction of sp³-hybridized carbons (Fsp3) is 0.0577. The zero-order chi connectivity index (χ0) is 38.5. The summed E-state index contributed by atoms with van der Waals surface area (Å²) in [4.78, 5) is 2.42. The smallest absolute Gasteiger partial charge is 0.122 e. The third-order valence-corrected chi connectivity index (χ3v) is 10.7. The van der Waals surface area contributed by atoms with Crippen LogP contribution in [0.15, 0.2) is 206 Å². The number of hydrogen-bond donors (Lipinski definition) is 3. The number of nitrogens with one attached hydrogen (secondary N) is 1. The number of rotatable bonds is 4. The van der Waals surface area contributed by atoms with Gasteiger partial charge < -0.3 is 16.4 Å². The van der Waals surface area contributed by atoms with Gasteiger partial charge in [0.15, 0.2) is 0 Å². The van der Waals surface area contributed by atoms with Crippen LogP contribution in [0.25, 0.3) is 22.3 Å². The average molecular weight is 725 g/mol. The van der Waals surface area contributed by atoms with Gasteiger partial charge in [-0.3, -0.25) is 5.41 Å². The minimum absolute atomic E-state index is 0.121. The van der Waals surface area contributed by atoms with Gasteiger partial charge in [-0.2, -0.15) is 0 Å². The second-order valence-electron chi connectivity index (χ2n) is 14.1. The summed E-state index contributed by atoms with van der Waals surface area (Å²) in [5.41, 5.74) is 28.0. The van der Waals surface area contributed by atoms with Gasteiger partial charge in [0.05, 0.1) is 16.8 Å². The van der Waals surface area contributed by atoms with E-state index in [2.05, 4.69) is 170 Å². The molecule has 4 heteroatoms. The minimum atomic E-state index is -0.473. The van der Waals surface area contributed by atoms with E-state index in [0.717, 1.165) is 16.8 Å². The summed E-state index contributed by atoms with van der Waals surface area (Å²) in [6.07, 6.45) is 0. The van der Waals surface area contributed by atoms with Gasteiger partial charge in [-0.15, -0.1) is 0 Å². The number of hydrogen-bond acceptors (Lipinski definition) is 3. The summed E-state index contributed by atoms with van der Waals surface area (Å²) in [5, 5.41) is 7.01. The zero-order valence-electron chi connectivity index (χ0n) is 31.4. The van der Waals surface area contributed by atoms with Gasteiger partial charge in [0.25, 0.3) is 0 Å². The maximum atomic E-state index is 7.01. The highest BCUT2D eigenvalue weighted by molar-refractivity contribution is 5.99. The summed E-state index contributed by atoms with van der Waals surface area (Å²) in [6, 6.07) is 72.6. The first-order valence-electron chi connectivity index (χ1n) is 19.0. The Morgan fingerprint density at radius 2 is 1.02 bits per heavy atom. The molecule has 8 aromatic rings. The molecule has 8 aromatic carbocycles. The second kappa shape index (κ2) is 15.8. The molecule has 4 nitrogen and oxygen atoms in total. The first-order chi connectivity index (χ1) is 27.5. The summed E-state index contributed by atoms with van der Waals surface area (Å²) in [6.45, 7) is 2.60. The van der Waals surface area contributed by atoms with E-state index in [1.807, 2.05) is 48.5 Å². The van der Waals surface area contributed by atoms with Crippen molar-refractivity contribution in [2.45, 2.75) is 18.9 Å². The number of fused-ring (bicyclic) bond motifs is 9. The first kappa shape index (κ1) is 36.0. The van der Waals surface area contributed by atoms with E-state index in [1.165, 1.54) is 61.4 Å². The van der Waals surface area contributed by atoms with Gasteiger partial charge in [0.2, 0.25) is 0 Å². The van der Waals surface area contributed by atoms with Crippen LogP contribution in [-0.2, 0) is 12.0 Å². The molecule has 0 fully saturated rings. The van der Waals surface area contributed by atoms with Crippen molar-refractivity contribution in [3.63, 3.8) is 0 Å². The van der Waals surface area contributed by atoms with Crippen LogP contribution in [-0.4, -0.2) is 5.84 Å². The number of aryl methyl sites for hydroxylation is 1. The van der Waals surface area contributed by atoms with Crippen molar-refractivity contribution in [3.05, 3.63) is 245 Å². The summed E-state index contributed by atoms with van der Waals surface area (Å²) >= 11 is 0. The Labute approximate surface area is 329 Å². The minimum Gasteiger partial charge on any atom is -0.384 e. The predicted molar refractivity (Wildman–Crippen MR) is 234 cm³/mol. The molecular formula is C52H44N4. The molecule has 0 aromatic heterocycles. The van der Waals surface area contributed by atoms with Crippen LogP contribution in [0.3, 0.4) is 0 Å². The van der Waals surface area contributed by atoms with Crippen LogP contribution in [0.5, 0.6) is 0 Å². The van der Waals surface area contributed by atoms with Gasteiger partial charge in [0.1, 0.15) is 5.84 Å². The Morgan fingerprint density at radius 1 is 0.518 bits per heavy atom. The molecule has 1 aliphatic carbocycles. The highest BCUT2D eigenvalue weighted by Gasteiger charge is 2.52. The summed E-state index contributed by atoms with van der Waals surface area (Å²) in [5.74, 6) is 0.121. The van der Waals surface area contributed by atoms with Crippen molar-refractivity contribution in [3.8, 4) is 22.3 Å². The standard InChI is InChI=1S/C38H28N2.C7H8N2.C7H8/c39-25-26-12-10-13-27(24-26)29-17-11-18-31-30-16-4-5-19-32(30)38(37(29)31)33-20-6-8-22-35(33)40(28-14-2-1-3-15-28)36-23-9-7-21-34(36)38;8-7(9)6-4-2-1-3-5-6;1-7-5-3-2-4-6-7/h1-24H,25,39H2;1-5H,(H3,8,9);2-6H,1H3. The monoisotopic (exact) mass is 724 g/mol. The molecule has 0 unspecified atom stereocenters. The SMILES string of the molecule is Cc1ccccc1.N=C(N)c1ccccc1.NCc1cccc(-c2cccc3c2C2(c4ccccc4-3)c3ccccc3N(c3ccccc3)c3ccccc32)c1. The zero-order valence-corrected chi connectivity index (χ0v) is 31.4. The van der Waals surface area contributed by atoms with Gasteiger partial charge >= 0.3 is 0 Å². The maximum Gasteiger partial charge on any atom is 0.122 e. The van der Waals surface area contributed by atoms with Crippen molar-refractivity contribution in [1.82, 2.24) is 0 Å². The molecule has 0 saturated carbocycles. The number of benzene rings is 8. The summed E-state index contributed by atoms with van der Waals surface area (Å²) < 4.78 is 0. The number of amidine groups is 1. The molecule has 272 valence electrons. The number of anilines is 3. The topological polar surface area (TPSA) is 79.1 Å². The molecule has 2 aliphatic rings. The van der Waals surface area contributed by atoms with Gasteiger partial charge in [-0.25, -0.2) is 0 Å². The third-order valence-electron chi connectivity index (χ3n) is 10.7. The number of para-hydroxylation sites is 3. The number of nitrogen functional groups attached to an aromatic ring is 1. The Kier molecular flexibility index (Phi) is 10.1. The van der Waals surface area contributed by atoms with Crippen LogP contribution in [0.2, 0.25) is 0 Å². The van der Waals surface area contributed by atoms with Crippen LogP contribution in [0.1, 0.15) is 38.9 Å². The van der Waals surface area contributed by atoms with Crippen molar-refractivity contribution in [1.29, 1.82) is 5.41 Å². The molecule has 0 saturated heterocycles. The molecule has 0 atom stereocenters. The Bertz CT molecular complexity index is 2570. The molecule has 0 bridgehead atoms. The molecule has 10 rings (SSSR count). The Morgan fingerprint density at radius 3 is 1.59 bits per heavy atom. The molecule has 1 aliphatic heterocycles. The van der Waals surface area contributed by atoms with Gasteiger partial charge in [0, 0.05) is 17.8 Å². The molecular weight excluding hydrogens is 681 g/mol. The fourth-order valence-corrected chi connectivity index (χ4v) is 8.28. The van der Waals surface area contributed by atoms with E-state index in [1.54, 1.807) is 0 Å². The lowest BCUT2D eigenvalue weighted by molar-refractivity contribution is 0.754. The summed E-state index contributed by atoms with van der Waals surface area (Å²) in [7, 11) is 0. The average Bonchev–Trinajstić information content (AvgIpc) is 3.56. The van der Waals surface area contributed by atoms with E-state index in [9.17, 15) is 0 Å². The molecule has 5 N–H and O–H groups in total. The van der Waals surface area contributed by atoms with E-state index >= 15 is 0 Å². The maximum absolute atomic E-state index is 7.01.